The first kappa shape index (κ1) is 43.8. The molecule has 5 heteroatoms. The lowest BCUT2D eigenvalue weighted by atomic mass is 9.36. The van der Waals surface area contributed by atoms with Crippen molar-refractivity contribution in [3.05, 3.63) is 148 Å². The van der Waals surface area contributed by atoms with Crippen molar-refractivity contribution in [3.8, 4) is 10.4 Å². The first-order valence-corrected chi connectivity index (χ1v) is 25.3. The Bertz CT molecular complexity index is 3180. The number of rotatable bonds is 3. The number of hydrogen-bond donors (Lipinski definition) is 0. The van der Waals surface area contributed by atoms with Crippen molar-refractivity contribution in [1.82, 2.24) is 0 Å². The molecule has 0 spiro atoms. The van der Waals surface area contributed by atoms with Crippen molar-refractivity contribution in [3.63, 3.8) is 0 Å². The van der Waals surface area contributed by atoms with Gasteiger partial charge >= 0.3 is 0 Å². The maximum absolute atomic E-state index is 2.72. The van der Waals surface area contributed by atoms with Crippen LogP contribution < -0.4 is 25.5 Å². The monoisotopic (exact) mass is 888 g/mol. The fraction of sp³-hybridized carbons (Fsp3) is 0.333. The molecule has 2 nitrogen and oxygen atoms in total. The minimum absolute atomic E-state index is 0.00632. The van der Waals surface area contributed by atoms with E-state index >= 15 is 0 Å². The molecule has 4 heterocycles. The quantitative estimate of drug-likeness (QED) is 0.163. The van der Waals surface area contributed by atoms with Gasteiger partial charge in [0.15, 0.2) is 0 Å². The number of fused-ring (bicyclic) bond motifs is 7. The predicted octanol–water partition coefficient (Wildman–Crippen LogP) is 16.3. The maximum atomic E-state index is 2.72. The summed E-state index contributed by atoms with van der Waals surface area (Å²) in [6, 6.07) is 40.9. The largest absolute Gasteiger partial charge is 0.311 e. The molecule has 2 aliphatic rings. The first-order valence-electron chi connectivity index (χ1n) is 23.6. The number of nitrogens with zero attached hydrogens (tertiary/aromatic N) is 2. The van der Waals surface area contributed by atoms with Gasteiger partial charge in [0, 0.05) is 41.5 Å². The molecular weight excluding hydrogens is 824 g/mol. The van der Waals surface area contributed by atoms with Crippen molar-refractivity contribution in [2.75, 3.05) is 9.80 Å². The lowest BCUT2D eigenvalue weighted by Gasteiger charge is -2.45. The van der Waals surface area contributed by atoms with Crippen LogP contribution in [0.25, 0.3) is 30.6 Å². The third-order valence-electron chi connectivity index (χ3n) is 14.3. The van der Waals surface area contributed by atoms with Gasteiger partial charge in [-0.3, -0.25) is 0 Å². The second-order valence-corrected chi connectivity index (χ2v) is 25.6. The molecule has 0 unspecified atom stereocenters. The lowest BCUT2D eigenvalue weighted by Crippen LogP contribution is -2.60. The van der Waals surface area contributed by atoms with Gasteiger partial charge in [0.1, 0.15) is 0 Å². The summed E-state index contributed by atoms with van der Waals surface area (Å²) in [7, 11) is 0. The molecule has 0 atom stereocenters. The van der Waals surface area contributed by atoms with Gasteiger partial charge in [-0.25, -0.2) is 0 Å². The van der Waals surface area contributed by atoms with Crippen molar-refractivity contribution in [1.29, 1.82) is 0 Å². The molecule has 65 heavy (non-hydrogen) atoms. The Balaban J connectivity index is 1.36. The fourth-order valence-corrected chi connectivity index (χ4v) is 13.0. The van der Waals surface area contributed by atoms with E-state index < -0.39 is 0 Å². The highest BCUT2D eigenvalue weighted by molar-refractivity contribution is 7.33. The molecule has 0 aliphatic carbocycles. The number of hydrogen-bond acceptors (Lipinski definition) is 4. The normalized spacial score (nSPS) is 14.1. The van der Waals surface area contributed by atoms with Gasteiger partial charge in [0.25, 0.3) is 6.71 Å². The molecule has 2 aliphatic heterocycles. The Morgan fingerprint density at radius 1 is 0.431 bits per heavy atom. The van der Waals surface area contributed by atoms with E-state index in [9.17, 15) is 0 Å². The summed E-state index contributed by atoms with van der Waals surface area (Å²) in [6.07, 6.45) is 0. The molecule has 6 aromatic carbocycles. The molecule has 0 radical (unpaired) electrons. The molecule has 330 valence electrons. The second-order valence-electron chi connectivity index (χ2n) is 23.4. The molecule has 0 amide bonds. The molecule has 10 rings (SSSR count). The SMILES string of the molecule is Cc1cc(C(C)(C)C)cc(C)c1N1c2cc(-c3cc4ccccc4s3)ccc2B2c3sc4ccc(C(C)(C)C)cc4c3N(c3c(C)cc(C(C)(C)C)cc3C)c3cc(C(C)(C)C)cc1c32. The van der Waals surface area contributed by atoms with Crippen LogP contribution >= 0.6 is 22.7 Å². The van der Waals surface area contributed by atoms with E-state index in [1.165, 1.54) is 125 Å². The van der Waals surface area contributed by atoms with Crippen LogP contribution in [0.15, 0.2) is 103 Å². The summed E-state index contributed by atoms with van der Waals surface area (Å²) in [6.45, 7) is 37.6. The number of benzene rings is 6. The average molecular weight is 889 g/mol. The van der Waals surface area contributed by atoms with Crippen LogP contribution in [0.2, 0.25) is 0 Å². The van der Waals surface area contributed by atoms with E-state index in [2.05, 4.69) is 224 Å². The second kappa shape index (κ2) is 14.7. The van der Waals surface area contributed by atoms with E-state index in [0.717, 1.165) is 0 Å². The predicted molar refractivity (Wildman–Crippen MR) is 290 cm³/mol. The molecule has 0 saturated carbocycles. The zero-order valence-corrected chi connectivity index (χ0v) is 43.2. The summed E-state index contributed by atoms with van der Waals surface area (Å²) in [5, 5.41) is 2.65. The van der Waals surface area contributed by atoms with E-state index in [4.69, 9.17) is 0 Å². The molecule has 0 fully saturated rings. The lowest BCUT2D eigenvalue weighted by molar-refractivity contribution is 0.589. The fourth-order valence-electron chi connectivity index (χ4n) is 10.6. The smallest absolute Gasteiger partial charge is 0.264 e. The van der Waals surface area contributed by atoms with Crippen LogP contribution in [-0.2, 0) is 21.7 Å². The van der Waals surface area contributed by atoms with Crippen molar-refractivity contribution in [2.24, 2.45) is 0 Å². The Morgan fingerprint density at radius 2 is 0.954 bits per heavy atom. The molecule has 0 bridgehead atoms. The van der Waals surface area contributed by atoms with Gasteiger partial charge in [-0.15, -0.1) is 22.7 Å². The van der Waals surface area contributed by atoms with Crippen molar-refractivity contribution in [2.45, 2.75) is 132 Å². The Kier molecular flexibility index (Phi) is 9.90. The topological polar surface area (TPSA) is 6.48 Å². The standard InChI is InChI=1S/C60H65BN2S2/c1-34-25-41(58(8,9)10)26-35(2)53(34)62-46-29-39(51-30-38-19-17-18-20-49(38)64-51)21-23-45(46)61-52-47(62)32-43(60(14,15)16)33-48(52)63(54-36(3)27-42(28-37(54)4)59(11,12)13)55-44-31-40(57(5,6)7)22-24-50(44)65-56(55)61/h17-33H,1-16H3. The molecular formula is C60H65BN2S2. The summed E-state index contributed by atoms with van der Waals surface area (Å²) >= 11 is 3.90. The highest BCUT2D eigenvalue weighted by Gasteiger charge is 2.47. The van der Waals surface area contributed by atoms with Gasteiger partial charge in [0.2, 0.25) is 0 Å². The minimum atomic E-state index is -0.117. The maximum Gasteiger partial charge on any atom is 0.264 e. The highest BCUT2D eigenvalue weighted by Crippen LogP contribution is 2.52. The highest BCUT2D eigenvalue weighted by atomic mass is 32.1. The Labute approximate surface area is 397 Å². The third-order valence-corrected chi connectivity index (χ3v) is 16.7. The van der Waals surface area contributed by atoms with E-state index in [1.54, 1.807) is 0 Å². The summed E-state index contributed by atoms with van der Waals surface area (Å²) in [4.78, 5) is 6.71. The van der Waals surface area contributed by atoms with Crippen molar-refractivity contribution < 1.29 is 0 Å². The van der Waals surface area contributed by atoms with Gasteiger partial charge in [-0.2, -0.15) is 0 Å². The van der Waals surface area contributed by atoms with Crippen LogP contribution in [0.1, 0.15) is 128 Å². The van der Waals surface area contributed by atoms with Crippen molar-refractivity contribution >= 4 is 99.4 Å². The van der Waals surface area contributed by atoms with E-state index in [-0.39, 0.29) is 28.4 Å². The zero-order valence-electron chi connectivity index (χ0n) is 41.6. The van der Waals surface area contributed by atoms with Crippen LogP contribution in [0.3, 0.4) is 0 Å². The minimum Gasteiger partial charge on any atom is -0.311 e. The van der Waals surface area contributed by atoms with E-state index in [0.29, 0.717) is 0 Å². The summed E-state index contributed by atoms with van der Waals surface area (Å²) < 4.78 is 4.09. The van der Waals surface area contributed by atoms with Crippen LogP contribution in [0.4, 0.5) is 34.1 Å². The first-order chi connectivity index (χ1) is 30.4. The van der Waals surface area contributed by atoms with Crippen LogP contribution in [0.5, 0.6) is 0 Å². The van der Waals surface area contributed by atoms with Gasteiger partial charge in [0.05, 0.1) is 17.1 Å². The molecule has 0 N–H and O–H groups in total. The van der Waals surface area contributed by atoms with Gasteiger partial charge in [-0.1, -0.05) is 144 Å². The average Bonchev–Trinajstić information content (AvgIpc) is 3.82. The third kappa shape index (κ3) is 7.10. The number of thiophene rings is 2. The van der Waals surface area contributed by atoms with Gasteiger partial charge in [-0.05, 0) is 158 Å². The zero-order chi connectivity index (χ0) is 46.4. The van der Waals surface area contributed by atoms with Crippen LogP contribution in [0, 0.1) is 27.7 Å². The Morgan fingerprint density at radius 3 is 1.51 bits per heavy atom. The number of aryl methyl sites for hydroxylation is 4. The number of anilines is 6. The molecule has 0 saturated heterocycles. The molecule has 8 aromatic rings. The van der Waals surface area contributed by atoms with E-state index in [1.807, 2.05) is 22.7 Å². The molecule has 2 aromatic heterocycles. The van der Waals surface area contributed by atoms with Crippen LogP contribution in [-0.4, -0.2) is 6.71 Å². The van der Waals surface area contributed by atoms with Gasteiger partial charge < -0.3 is 9.80 Å². The Hall–Kier alpha value is -5.10. The summed E-state index contributed by atoms with van der Waals surface area (Å²) in [5.41, 5.74) is 22.4. The summed E-state index contributed by atoms with van der Waals surface area (Å²) in [5.74, 6) is 0.